The lowest BCUT2D eigenvalue weighted by molar-refractivity contribution is -0.0604. The van der Waals surface area contributed by atoms with E-state index in [2.05, 4.69) is 18.7 Å². The van der Waals surface area contributed by atoms with Gasteiger partial charge in [0.2, 0.25) is 0 Å². The van der Waals surface area contributed by atoms with Crippen molar-refractivity contribution >= 4 is 0 Å². The first-order chi connectivity index (χ1) is 7.70. The van der Waals surface area contributed by atoms with Crippen molar-refractivity contribution in [3.05, 3.63) is 23.7 Å². The first-order valence-corrected chi connectivity index (χ1v) is 5.75. The van der Waals surface area contributed by atoms with Crippen LogP contribution in [0, 0.1) is 0 Å². The molecule has 1 aliphatic rings. The molecule has 0 saturated carbocycles. The van der Waals surface area contributed by atoms with Gasteiger partial charge in [0.05, 0.1) is 19.3 Å². The van der Waals surface area contributed by atoms with E-state index in [1.165, 1.54) is 0 Å². The first kappa shape index (κ1) is 11.6. The molecule has 1 fully saturated rings. The molecule has 0 bridgehead atoms. The van der Waals surface area contributed by atoms with Crippen LogP contribution in [0.2, 0.25) is 0 Å². The molecular weight excluding hydrogens is 206 g/mol. The summed E-state index contributed by atoms with van der Waals surface area (Å²) in [5.41, 5.74) is 0. The van der Waals surface area contributed by atoms with Crippen LogP contribution in [0.15, 0.2) is 16.5 Å². The van der Waals surface area contributed by atoms with Crippen molar-refractivity contribution in [2.45, 2.75) is 39.1 Å². The van der Waals surface area contributed by atoms with E-state index in [1.54, 1.807) is 0 Å². The zero-order valence-electron chi connectivity index (χ0n) is 9.85. The van der Waals surface area contributed by atoms with E-state index >= 15 is 0 Å². The largest absolute Gasteiger partial charge is 0.462 e. The Morgan fingerprint density at radius 3 is 2.81 bits per heavy atom. The fourth-order valence-electron chi connectivity index (χ4n) is 2.01. The van der Waals surface area contributed by atoms with Gasteiger partial charge in [-0.1, -0.05) is 0 Å². The van der Waals surface area contributed by atoms with Gasteiger partial charge in [-0.15, -0.1) is 0 Å². The SMILES string of the molecule is CC1OCCN(Cc2ccc(CO)o2)C1C. The van der Waals surface area contributed by atoms with Crippen molar-refractivity contribution in [1.29, 1.82) is 0 Å². The molecule has 2 unspecified atom stereocenters. The molecule has 1 N–H and O–H groups in total. The van der Waals surface area contributed by atoms with Gasteiger partial charge >= 0.3 is 0 Å². The van der Waals surface area contributed by atoms with Gasteiger partial charge in [0.25, 0.3) is 0 Å². The van der Waals surface area contributed by atoms with Gasteiger partial charge in [-0.25, -0.2) is 0 Å². The number of hydrogen-bond acceptors (Lipinski definition) is 4. The van der Waals surface area contributed by atoms with E-state index in [0.717, 1.165) is 25.5 Å². The van der Waals surface area contributed by atoms with Gasteiger partial charge in [0.1, 0.15) is 18.1 Å². The molecule has 0 aromatic carbocycles. The van der Waals surface area contributed by atoms with E-state index in [9.17, 15) is 0 Å². The summed E-state index contributed by atoms with van der Waals surface area (Å²) in [4.78, 5) is 2.34. The fraction of sp³-hybridized carbons (Fsp3) is 0.667. The summed E-state index contributed by atoms with van der Waals surface area (Å²) in [7, 11) is 0. The van der Waals surface area contributed by atoms with Crippen molar-refractivity contribution in [3.63, 3.8) is 0 Å². The Morgan fingerprint density at radius 1 is 1.38 bits per heavy atom. The molecule has 1 saturated heterocycles. The molecule has 2 rings (SSSR count). The standard InChI is InChI=1S/C12H19NO3/c1-9-10(2)15-6-5-13(9)7-11-3-4-12(8-14)16-11/h3-4,9-10,14H,5-8H2,1-2H3. The summed E-state index contributed by atoms with van der Waals surface area (Å²) in [6.45, 7) is 6.72. The van der Waals surface area contributed by atoms with Gasteiger partial charge < -0.3 is 14.3 Å². The average Bonchev–Trinajstić information content (AvgIpc) is 2.73. The van der Waals surface area contributed by atoms with Gasteiger partial charge in [0, 0.05) is 12.6 Å². The third kappa shape index (κ3) is 2.45. The number of morpholine rings is 1. The van der Waals surface area contributed by atoms with Crippen molar-refractivity contribution in [2.24, 2.45) is 0 Å². The number of furan rings is 1. The van der Waals surface area contributed by atoms with Crippen LogP contribution in [0.25, 0.3) is 0 Å². The Labute approximate surface area is 95.8 Å². The van der Waals surface area contributed by atoms with Gasteiger partial charge in [-0.2, -0.15) is 0 Å². The zero-order valence-corrected chi connectivity index (χ0v) is 9.85. The van der Waals surface area contributed by atoms with Gasteiger partial charge in [-0.05, 0) is 26.0 Å². The molecule has 1 aliphatic heterocycles. The summed E-state index contributed by atoms with van der Waals surface area (Å²) in [6.07, 6.45) is 0.265. The van der Waals surface area contributed by atoms with Crippen LogP contribution in [0.1, 0.15) is 25.4 Å². The third-order valence-corrected chi connectivity index (χ3v) is 3.25. The highest BCUT2D eigenvalue weighted by molar-refractivity contribution is 5.06. The number of ether oxygens (including phenoxy) is 1. The van der Waals surface area contributed by atoms with Crippen LogP contribution < -0.4 is 0 Å². The molecular formula is C12H19NO3. The summed E-state index contributed by atoms with van der Waals surface area (Å²) >= 11 is 0. The molecule has 1 aromatic rings. The minimum atomic E-state index is -0.0327. The highest BCUT2D eigenvalue weighted by Crippen LogP contribution is 2.18. The quantitative estimate of drug-likeness (QED) is 0.844. The van der Waals surface area contributed by atoms with E-state index in [0.29, 0.717) is 11.8 Å². The van der Waals surface area contributed by atoms with Crippen LogP contribution in [0.3, 0.4) is 0 Å². The smallest absolute Gasteiger partial charge is 0.129 e. The van der Waals surface area contributed by atoms with E-state index in [4.69, 9.17) is 14.3 Å². The van der Waals surface area contributed by atoms with Crippen molar-refractivity contribution in [3.8, 4) is 0 Å². The Bertz CT molecular complexity index is 337. The van der Waals surface area contributed by atoms with E-state index in [-0.39, 0.29) is 12.7 Å². The Kier molecular flexibility index (Phi) is 3.63. The molecule has 0 amide bonds. The van der Waals surface area contributed by atoms with E-state index < -0.39 is 0 Å². The number of aliphatic hydroxyl groups excluding tert-OH is 1. The number of rotatable bonds is 3. The molecule has 4 nitrogen and oxygen atoms in total. The maximum Gasteiger partial charge on any atom is 0.129 e. The highest BCUT2D eigenvalue weighted by Gasteiger charge is 2.25. The van der Waals surface area contributed by atoms with Crippen LogP contribution in [-0.4, -0.2) is 35.3 Å². The van der Waals surface area contributed by atoms with Crippen molar-refractivity contribution < 1.29 is 14.3 Å². The molecule has 4 heteroatoms. The van der Waals surface area contributed by atoms with Crippen LogP contribution in [0.5, 0.6) is 0 Å². The Morgan fingerprint density at radius 2 is 2.12 bits per heavy atom. The number of hydrogen-bond donors (Lipinski definition) is 1. The van der Waals surface area contributed by atoms with Crippen molar-refractivity contribution in [1.82, 2.24) is 4.90 Å². The molecule has 0 radical (unpaired) electrons. The van der Waals surface area contributed by atoms with Crippen molar-refractivity contribution in [2.75, 3.05) is 13.2 Å². The van der Waals surface area contributed by atoms with Gasteiger partial charge in [0.15, 0.2) is 0 Å². The fourth-order valence-corrected chi connectivity index (χ4v) is 2.01. The predicted octanol–water partition coefficient (Wildman–Crippen LogP) is 1.38. The average molecular weight is 225 g/mol. The second-order valence-corrected chi connectivity index (χ2v) is 4.31. The van der Waals surface area contributed by atoms with E-state index in [1.807, 2.05) is 12.1 Å². The maximum atomic E-state index is 8.92. The summed E-state index contributed by atoms with van der Waals surface area (Å²) in [6, 6.07) is 4.15. The maximum absolute atomic E-state index is 8.92. The topological polar surface area (TPSA) is 45.8 Å². The molecule has 1 aromatic heterocycles. The molecule has 90 valence electrons. The molecule has 2 atom stereocenters. The lowest BCUT2D eigenvalue weighted by Gasteiger charge is -2.37. The lowest BCUT2D eigenvalue weighted by atomic mass is 10.1. The second-order valence-electron chi connectivity index (χ2n) is 4.31. The predicted molar refractivity (Wildman–Crippen MR) is 59.9 cm³/mol. The molecule has 2 heterocycles. The summed E-state index contributed by atoms with van der Waals surface area (Å²) in [5.74, 6) is 1.54. The summed E-state index contributed by atoms with van der Waals surface area (Å²) in [5, 5.41) is 8.92. The Balaban J connectivity index is 1.97. The first-order valence-electron chi connectivity index (χ1n) is 5.75. The molecule has 16 heavy (non-hydrogen) atoms. The highest BCUT2D eigenvalue weighted by atomic mass is 16.5. The number of nitrogens with zero attached hydrogens (tertiary/aromatic N) is 1. The van der Waals surface area contributed by atoms with Crippen LogP contribution in [0.4, 0.5) is 0 Å². The number of aliphatic hydroxyl groups is 1. The normalized spacial score (nSPS) is 27.2. The summed E-state index contributed by atoms with van der Waals surface area (Å²) < 4.78 is 11.1. The lowest BCUT2D eigenvalue weighted by Crippen LogP contribution is -2.47. The minimum Gasteiger partial charge on any atom is -0.462 e. The van der Waals surface area contributed by atoms with Crippen LogP contribution >= 0.6 is 0 Å². The minimum absolute atomic E-state index is 0.0327. The zero-order chi connectivity index (χ0) is 11.5. The molecule has 0 aliphatic carbocycles. The Hall–Kier alpha value is -0.840. The monoisotopic (exact) mass is 225 g/mol. The second kappa shape index (κ2) is 4.99. The third-order valence-electron chi connectivity index (χ3n) is 3.25. The molecule has 0 spiro atoms. The van der Waals surface area contributed by atoms with Gasteiger partial charge in [-0.3, -0.25) is 4.90 Å². The van der Waals surface area contributed by atoms with Crippen LogP contribution in [-0.2, 0) is 17.9 Å².